The molecule has 0 spiro atoms. The molecule has 0 atom stereocenters. The predicted octanol–water partition coefficient (Wildman–Crippen LogP) is 1.73. The molecule has 5 nitrogen and oxygen atoms in total. The van der Waals surface area contributed by atoms with Crippen LogP contribution in [0.4, 0.5) is 0 Å². The highest BCUT2D eigenvalue weighted by molar-refractivity contribution is 9.10. The van der Waals surface area contributed by atoms with Crippen LogP contribution >= 0.6 is 15.9 Å². The molecule has 0 saturated heterocycles. The van der Waals surface area contributed by atoms with Crippen molar-refractivity contribution in [2.45, 2.75) is 4.90 Å². The standard InChI is InChI=1S/C12H18BrNO4S/c1-17-9-7-14(8-10-18-2)19(15,16)12-6-4-3-5-11(12)13/h3-6H,7-10H2,1-2H3. The molecule has 0 aromatic heterocycles. The summed E-state index contributed by atoms with van der Waals surface area (Å²) in [5.74, 6) is 0. The quantitative estimate of drug-likeness (QED) is 0.715. The third-order valence-electron chi connectivity index (χ3n) is 2.54. The number of halogens is 1. The Kier molecular flexibility index (Phi) is 6.95. The van der Waals surface area contributed by atoms with Gasteiger partial charge in [-0.15, -0.1) is 0 Å². The number of ether oxygens (including phenoxy) is 2. The smallest absolute Gasteiger partial charge is 0.244 e. The van der Waals surface area contributed by atoms with Crippen molar-refractivity contribution in [2.75, 3.05) is 40.5 Å². The van der Waals surface area contributed by atoms with Gasteiger partial charge in [0.15, 0.2) is 0 Å². The Labute approximate surface area is 122 Å². The maximum Gasteiger partial charge on any atom is 0.244 e. The van der Waals surface area contributed by atoms with Crippen molar-refractivity contribution in [1.29, 1.82) is 0 Å². The van der Waals surface area contributed by atoms with Crippen LogP contribution < -0.4 is 0 Å². The van der Waals surface area contributed by atoms with Crippen LogP contribution in [-0.4, -0.2) is 53.2 Å². The number of methoxy groups -OCH3 is 2. The van der Waals surface area contributed by atoms with Crippen LogP contribution in [0.5, 0.6) is 0 Å². The molecular formula is C12H18BrNO4S. The Bertz CT molecular complexity index is 484. The second-order valence-electron chi connectivity index (χ2n) is 3.82. The van der Waals surface area contributed by atoms with E-state index in [1.165, 1.54) is 4.31 Å². The fraction of sp³-hybridized carbons (Fsp3) is 0.500. The summed E-state index contributed by atoms with van der Waals surface area (Å²) in [6.45, 7) is 1.27. The van der Waals surface area contributed by atoms with Crippen molar-refractivity contribution in [1.82, 2.24) is 4.31 Å². The van der Waals surface area contributed by atoms with Gasteiger partial charge >= 0.3 is 0 Å². The Hall–Kier alpha value is -0.470. The summed E-state index contributed by atoms with van der Waals surface area (Å²) in [6, 6.07) is 6.75. The molecule has 108 valence electrons. The van der Waals surface area contributed by atoms with Gasteiger partial charge in [-0.05, 0) is 28.1 Å². The Morgan fingerprint density at radius 1 is 1.11 bits per heavy atom. The number of hydrogen-bond donors (Lipinski definition) is 0. The molecule has 0 radical (unpaired) electrons. The van der Waals surface area contributed by atoms with Crippen molar-refractivity contribution in [3.05, 3.63) is 28.7 Å². The summed E-state index contributed by atoms with van der Waals surface area (Å²) in [5.41, 5.74) is 0. The van der Waals surface area contributed by atoms with Crippen molar-refractivity contribution >= 4 is 26.0 Å². The molecule has 0 aliphatic heterocycles. The Morgan fingerprint density at radius 3 is 2.11 bits per heavy atom. The van der Waals surface area contributed by atoms with Gasteiger partial charge in [-0.1, -0.05) is 12.1 Å². The van der Waals surface area contributed by atoms with Crippen LogP contribution in [-0.2, 0) is 19.5 Å². The van der Waals surface area contributed by atoms with E-state index in [9.17, 15) is 8.42 Å². The summed E-state index contributed by atoms with van der Waals surface area (Å²) in [5, 5.41) is 0. The van der Waals surface area contributed by atoms with Gasteiger partial charge in [0.25, 0.3) is 0 Å². The third-order valence-corrected chi connectivity index (χ3v) is 5.45. The molecule has 19 heavy (non-hydrogen) atoms. The van der Waals surface area contributed by atoms with Crippen molar-refractivity contribution < 1.29 is 17.9 Å². The summed E-state index contributed by atoms with van der Waals surface area (Å²) in [7, 11) is -0.467. The highest BCUT2D eigenvalue weighted by atomic mass is 79.9. The lowest BCUT2D eigenvalue weighted by atomic mass is 10.4. The fourth-order valence-corrected chi connectivity index (χ4v) is 3.90. The van der Waals surface area contributed by atoms with Gasteiger partial charge in [0, 0.05) is 31.8 Å². The van der Waals surface area contributed by atoms with Gasteiger partial charge in [0.05, 0.1) is 18.1 Å². The number of rotatable bonds is 8. The van der Waals surface area contributed by atoms with E-state index in [1.54, 1.807) is 38.5 Å². The van der Waals surface area contributed by atoms with Crippen LogP contribution in [0.1, 0.15) is 0 Å². The van der Waals surface area contributed by atoms with E-state index in [0.29, 0.717) is 30.8 Å². The first-order chi connectivity index (χ1) is 9.04. The lowest BCUT2D eigenvalue weighted by Gasteiger charge is -2.22. The van der Waals surface area contributed by atoms with Crippen LogP contribution in [0, 0.1) is 0 Å². The Morgan fingerprint density at radius 2 is 1.63 bits per heavy atom. The molecule has 0 bridgehead atoms. The molecule has 0 heterocycles. The fourth-order valence-electron chi connectivity index (χ4n) is 1.53. The number of benzene rings is 1. The largest absolute Gasteiger partial charge is 0.383 e. The minimum Gasteiger partial charge on any atom is -0.383 e. The summed E-state index contributed by atoms with van der Waals surface area (Å²) < 4.78 is 36.9. The molecule has 0 aliphatic carbocycles. The van der Waals surface area contributed by atoms with Gasteiger partial charge in [-0.2, -0.15) is 4.31 Å². The second kappa shape index (κ2) is 7.96. The first-order valence-corrected chi connectivity index (χ1v) is 8.00. The molecule has 7 heteroatoms. The highest BCUT2D eigenvalue weighted by Crippen LogP contribution is 2.24. The molecule has 0 unspecified atom stereocenters. The topological polar surface area (TPSA) is 55.8 Å². The highest BCUT2D eigenvalue weighted by Gasteiger charge is 2.25. The average molecular weight is 352 g/mol. The SMILES string of the molecule is COCCN(CCOC)S(=O)(=O)c1ccccc1Br. The van der Waals surface area contributed by atoms with Gasteiger partial charge in [0.2, 0.25) is 10.0 Å². The normalized spacial score (nSPS) is 12.0. The van der Waals surface area contributed by atoms with Crippen LogP contribution in [0.3, 0.4) is 0 Å². The van der Waals surface area contributed by atoms with Crippen LogP contribution in [0.15, 0.2) is 33.6 Å². The lowest BCUT2D eigenvalue weighted by Crippen LogP contribution is -2.36. The molecule has 0 aliphatic rings. The number of hydrogen-bond acceptors (Lipinski definition) is 4. The second-order valence-corrected chi connectivity index (χ2v) is 6.58. The zero-order chi connectivity index (χ0) is 14.3. The van der Waals surface area contributed by atoms with Gasteiger partial charge < -0.3 is 9.47 Å². The summed E-state index contributed by atoms with van der Waals surface area (Å²) in [4.78, 5) is 0.252. The third kappa shape index (κ3) is 4.54. The molecule has 0 amide bonds. The van der Waals surface area contributed by atoms with E-state index in [-0.39, 0.29) is 4.90 Å². The first kappa shape index (κ1) is 16.6. The molecule has 1 aromatic rings. The van der Waals surface area contributed by atoms with Crippen molar-refractivity contribution in [3.8, 4) is 0 Å². The molecule has 0 N–H and O–H groups in total. The van der Waals surface area contributed by atoms with Crippen LogP contribution in [0.25, 0.3) is 0 Å². The van der Waals surface area contributed by atoms with E-state index in [1.807, 2.05) is 0 Å². The van der Waals surface area contributed by atoms with Crippen molar-refractivity contribution in [2.24, 2.45) is 0 Å². The van der Waals surface area contributed by atoms with Gasteiger partial charge in [0.1, 0.15) is 0 Å². The van der Waals surface area contributed by atoms with Crippen molar-refractivity contribution in [3.63, 3.8) is 0 Å². The maximum atomic E-state index is 12.5. The van der Waals surface area contributed by atoms with Crippen LogP contribution in [0.2, 0.25) is 0 Å². The number of sulfonamides is 1. The predicted molar refractivity (Wildman–Crippen MR) is 76.7 cm³/mol. The lowest BCUT2D eigenvalue weighted by molar-refractivity contribution is 0.150. The maximum absolute atomic E-state index is 12.5. The number of nitrogens with zero attached hydrogens (tertiary/aromatic N) is 1. The van der Waals surface area contributed by atoms with E-state index in [2.05, 4.69) is 15.9 Å². The average Bonchev–Trinajstić information content (AvgIpc) is 2.39. The monoisotopic (exact) mass is 351 g/mol. The summed E-state index contributed by atoms with van der Waals surface area (Å²) in [6.07, 6.45) is 0. The molecule has 0 fully saturated rings. The van der Waals surface area contributed by atoms with Gasteiger partial charge in [-0.3, -0.25) is 0 Å². The first-order valence-electron chi connectivity index (χ1n) is 5.76. The van der Waals surface area contributed by atoms with E-state index in [4.69, 9.17) is 9.47 Å². The molecule has 1 rings (SSSR count). The summed E-state index contributed by atoms with van der Waals surface area (Å²) >= 11 is 3.27. The minimum absolute atomic E-state index is 0.252. The zero-order valence-electron chi connectivity index (χ0n) is 11.0. The molecule has 1 aromatic carbocycles. The van der Waals surface area contributed by atoms with Gasteiger partial charge in [-0.25, -0.2) is 8.42 Å². The van der Waals surface area contributed by atoms with E-state index >= 15 is 0 Å². The Balaban J connectivity index is 3.01. The zero-order valence-corrected chi connectivity index (χ0v) is 13.4. The van der Waals surface area contributed by atoms with E-state index in [0.717, 1.165) is 0 Å². The minimum atomic E-state index is -3.55. The molecular weight excluding hydrogens is 334 g/mol. The van der Waals surface area contributed by atoms with E-state index < -0.39 is 10.0 Å². The molecule has 0 saturated carbocycles.